The Hall–Kier alpha value is -6.92. The Kier molecular flexibility index (Phi) is 9.32. The second-order valence-corrected chi connectivity index (χ2v) is 27.4. The van der Waals surface area contributed by atoms with Gasteiger partial charge in [0.15, 0.2) is 11.6 Å². The molecule has 0 saturated carbocycles. The molecule has 0 radical (unpaired) electrons. The van der Waals surface area contributed by atoms with Crippen LogP contribution in [0, 0.1) is 45.3 Å². The number of fused-ring (bicyclic) bond motifs is 15. The Balaban J connectivity index is 0.780. The first-order valence-electron chi connectivity index (χ1n) is 22.6. The first-order chi connectivity index (χ1) is 34.8. The summed E-state index contributed by atoms with van der Waals surface area (Å²) in [7, 11) is 0. The van der Waals surface area contributed by atoms with Crippen molar-refractivity contribution in [2.45, 2.75) is 38.5 Å². The fraction of sp³-hybridized carbons (Fsp3) is 0.103. The van der Waals surface area contributed by atoms with Crippen LogP contribution in [0.5, 0.6) is 0 Å². The highest BCUT2D eigenvalue weighted by Gasteiger charge is 2.48. The Morgan fingerprint density at radius 1 is 0.431 bits per heavy atom. The first kappa shape index (κ1) is 43.8. The topological polar surface area (TPSA) is 129 Å². The highest BCUT2D eigenvalue weighted by Crippen LogP contribution is 2.68. The lowest BCUT2D eigenvalue weighted by Gasteiger charge is -2.21. The molecule has 4 aliphatic carbocycles. The quantitative estimate of drug-likeness (QED) is 0.127. The molecular weight excluding hydrogens is 1040 g/mol. The van der Waals surface area contributed by atoms with E-state index in [2.05, 4.69) is 52.0 Å². The zero-order valence-electron chi connectivity index (χ0n) is 38.1. The van der Waals surface area contributed by atoms with Crippen LogP contribution in [-0.2, 0) is 10.8 Å². The fourth-order valence-corrected chi connectivity index (χ4v) is 23.0. The summed E-state index contributed by atoms with van der Waals surface area (Å²) in [6.07, 6.45) is 3.67. The van der Waals surface area contributed by atoms with E-state index in [4.69, 9.17) is 0 Å². The SMILES string of the molecule is CC1(C)c2c(sc3cc(-c4ccc(/C=C5\C(=O)c6ccccc6C5=C(C#N)C#N)s4)sc23)-c2sc3c4c(sc3c21)-c1sc2cc(-c3ccc(/C=C5\C(=O)c6ccccc6C5=C(C#N)C#N)s3)sc2c1C4(C)C. The van der Waals surface area contributed by atoms with E-state index in [1.54, 1.807) is 59.1 Å². The van der Waals surface area contributed by atoms with Crippen LogP contribution in [0.15, 0.2) is 107 Å². The zero-order chi connectivity index (χ0) is 49.3. The Labute approximate surface area is 443 Å². The highest BCUT2D eigenvalue weighted by atomic mass is 32.1. The minimum Gasteiger partial charge on any atom is -0.289 e. The number of hydrogen-bond acceptors (Lipinski definition) is 14. The number of nitriles is 4. The number of allylic oxidation sites excluding steroid dienone is 6. The number of rotatable bonds is 4. The van der Waals surface area contributed by atoms with E-state index in [0.29, 0.717) is 44.5 Å². The third kappa shape index (κ3) is 5.78. The van der Waals surface area contributed by atoms with Crippen molar-refractivity contribution in [2.75, 3.05) is 0 Å². The standard InChI is InChI=1S/C58H28N4O2S8/c1-57(2)43-49-39(19-37(67-49)35-15-13-27(65-35)17-33-41(25(21-59)22-60)29-9-5-7-11-31(29)47(33)63)69-51(43)53-45(57)55-56(71-53)46-54(72-55)52-44(58(46,3)4)50-40(70-52)20-38(68-50)36-16-14-28(66-36)18-34-42(26(23-61)24-62)30-10-6-8-12-32(30)48(34)64/h5-20H,1-4H3/b33-17-,34-18-. The van der Waals surface area contributed by atoms with Gasteiger partial charge >= 0.3 is 0 Å². The molecule has 14 rings (SSSR count). The molecule has 0 spiro atoms. The monoisotopic (exact) mass is 1070 g/mol. The van der Waals surface area contributed by atoms with E-state index in [0.717, 1.165) is 19.5 Å². The van der Waals surface area contributed by atoms with E-state index >= 15 is 0 Å². The van der Waals surface area contributed by atoms with Gasteiger partial charge in [-0.15, -0.1) is 90.7 Å². The number of hydrogen-bond donors (Lipinski definition) is 0. The van der Waals surface area contributed by atoms with Gasteiger partial charge in [-0.3, -0.25) is 9.59 Å². The molecule has 72 heavy (non-hydrogen) atoms. The van der Waals surface area contributed by atoms with Crippen molar-refractivity contribution < 1.29 is 9.59 Å². The second-order valence-electron chi connectivity index (χ2n) is 19.0. The third-order valence-electron chi connectivity index (χ3n) is 14.3. The molecule has 0 unspecified atom stereocenters. The predicted molar refractivity (Wildman–Crippen MR) is 302 cm³/mol. The molecule has 0 amide bonds. The van der Waals surface area contributed by atoms with E-state index in [1.165, 1.54) is 79.7 Å². The minimum atomic E-state index is -0.194. The molecule has 8 heterocycles. The smallest absolute Gasteiger partial charge is 0.194 e. The summed E-state index contributed by atoms with van der Waals surface area (Å²) in [6, 6.07) is 35.3. The zero-order valence-corrected chi connectivity index (χ0v) is 44.6. The number of Topliss-reactive ketones (excluding diaryl/α,β-unsaturated/α-hetero) is 2. The summed E-state index contributed by atoms with van der Waals surface area (Å²) in [5.74, 6) is -0.342. The number of thiophene rings is 8. The Morgan fingerprint density at radius 2 is 0.792 bits per heavy atom. The normalized spacial score (nSPS) is 16.6. The van der Waals surface area contributed by atoms with Gasteiger partial charge in [-0.25, -0.2) is 0 Å². The van der Waals surface area contributed by atoms with Crippen molar-refractivity contribution in [1.82, 2.24) is 0 Å². The fourth-order valence-electron chi connectivity index (χ4n) is 11.2. The van der Waals surface area contributed by atoms with Crippen LogP contribution in [-0.4, -0.2) is 11.6 Å². The van der Waals surface area contributed by atoms with Crippen LogP contribution in [0.4, 0.5) is 0 Å². The summed E-state index contributed by atoms with van der Waals surface area (Å²) >= 11 is 14.7. The number of nitrogens with zero attached hydrogens (tertiary/aromatic N) is 4. The average molecular weight is 1070 g/mol. The van der Waals surface area contributed by atoms with Crippen molar-refractivity contribution in [3.63, 3.8) is 0 Å². The lowest BCUT2D eigenvalue weighted by atomic mass is 9.82. The molecule has 0 fully saturated rings. The molecule has 0 saturated heterocycles. The van der Waals surface area contributed by atoms with Crippen molar-refractivity contribution in [1.29, 1.82) is 21.0 Å². The number of carbonyl (C=O) groups excluding carboxylic acids is 2. The van der Waals surface area contributed by atoms with Crippen LogP contribution < -0.4 is 0 Å². The summed E-state index contributed by atoms with van der Waals surface area (Å²) in [5.41, 5.74) is 9.10. The molecule has 0 bridgehead atoms. The van der Waals surface area contributed by atoms with Crippen LogP contribution >= 0.6 is 90.7 Å². The number of ketones is 2. The van der Waals surface area contributed by atoms with Crippen LogP contribution in [0.1, 0.15) is 91.5 Å². The minimum absolute atomic E-state index is 0.0592. The van der Waals surface area contributed by atoms with E-state index in [-0.39, 0.29) is 33.5 Å². The van der Waals surface area contributed by atoms with Gasteiger partial charge in [0, 0.05) is 82.9 Å². The maximum atomic E-state index is 13.6. The van der Waals surface area contributed by atoms with Crippen molar-refractivity contribution in [2.24, 2.45) is 0 Å². The van der Waals surface area contributed by atoms with Gasteiger partial charge in [0.2, 0.25) is 0 Å². The molecule has 8 aromatic heterocycles. The van der Waals surface area contributed by atoms with Crippen LogP contribution in [0.3, 0.4) is 0 Å². The largest absolute Gasteiger partial charge is 0.289 e. The third-order valence-corrected chi connectivity index (χ3v) is 24.5. The molecule has 0 atom stereocenters. The van der Waals surface area contributed by atoms with Gasteiger partial charge in [-0.2, -0.15) is 21.0 Å². The number of carbonyl (C=O) groups is 2. The van der Waals surface area contributed by atoms with E-state index < -0.39 is 0 Å². The maximum Gasteiger partial charge on any atom is 0.194 e. The van der Waals surface area contributed by atoms with Gasteiger partial charge in [0.1, 0.15) is 35.4 Å². The lowest BCUT2D eigenvalue weighted by Crippen LogP contribution is -2.15. The molecule has 10 aromatic rings. The van der Waals surface area contributed by atoms with Crippen molar-refractivity contribution in [3.05, 3.63) is 161 Å². The van der Waals surface area contributed by atoms with Gasteiger partial charge in [0.05, 0.1) is 38.3 Å². The van der Waals surface area contributed by atoms with Crippen LogP contribution in [0.2, 0.25) is 0 Å². The summed E-state index contributed by atoms with van der Waals surface area (Å²) in [4.78, 5) is 39.2. The maximum absolute atomic E-state index is 13.6. The highest BCUT2D eigenvalue weighted by molar-refractivity contribution is 7.38. The molecular formula is C58H28N4O2S8. The molecule has 340 valence electrons. The van der Waals surface area contributed by atoms with Gasteiger partial charge in [-0.1, -0.05) is 76.2 Å². The van der Waals surface area contributed by atoms with Gasteiger partial charge in [-0.05, 0) is 81.9 Å². The van der Waals surface area contributed by atoms with Gasteiger partial charge < -0.3 is 0 Å². The van der Waals surface area contributed by atoms with E-state index in [1.807, 2.05) is 129 Å². The molecule has 6 nitrogen and oxygen atoms in total. The first-order valence-corrected chi connectivity index (χ1v) is 29.1. The molecule has 0 N–H and O–H groups in total. The van der Waals surface area contributed by atoms with E-state index in [9.17, 15) is 30.6 Å². The second kappa shape index (κ2) is 15.3. The number of benzene rings is 2. The lowest BCUT2D eigenvalue weighted by molar-refractivity contribution is 0.103. The molecule has 0 aliphatic heterocycles. The van der Waals surface area contributed by atoms with Crippen molar-refractivity contribution >= 4 is 154 Å². The average Bonchev–Trinajstić information content (AvgIpc) is 4.21. The molecule has 14 heteroatoms. The summed E-state index contributed by atoms with van der Waals surface area (Å²) in [6.45, 7) is 9.59. The summed E-state index contributed by atoms with van der Waals surface area (Å²) < 4.78 is 8.07. The summed E-state index contributed by atoms with van der Waals surface area (Å²) in [5, 5.41) is 39.3. The van der Waals surface area contributed by atoms with Gasteiger partial charge in [0.25, 0.3) is 0 Å². The predicted octanol–water partition coefficient (Wildman–Crippen LogP) is 17.7. The molecule has 4 aliphatic rings. The molecule has 2 aromatic carbocycles. The Morgan fingerprint density at radius 3 is 1.18 bits per heavy atom. The Bertz CT molecular complexity index is 4230. The van der Waals surface area contributed by atoms with Crippen molar-refractivity contribution in [3.8, 4) is 63.3 Å². The van der Waals surface area contributed by atoms with Crippen LogP contribution in [0.25, 0.3) is 90.5 Å².